The molecule has 1 atom stereocenters. The highest BCUT2D eigenvalue weighted by Crippen LogP contribution is 2.19. The minimum Gasteiger partial charge on any atom is -0.478 e. The summed E-state index contributed by atoms with van der Waals surface area (Å²) in [4.78, 5) is 31.1. The molecule has 6 heteroatoms. The Morgan fingerprint density at radius 1 is 1.16 bits per heavy atom. The van der Waals surface area contributed by atoms with Crippen molar-refractivity contribution < 1.29 is 14.7 Å². The molecule has 0 amide bonds. The van der Waals surface area contributed by atoms with Crippen molar-refractivity contribution in [3.05, 3.63) is 71.2 Å². The van der Waals surface area contributed by atoms with E-state index < -0.39 is 12.0 Å². The maximum Gasteiger partial charge on any atom is 0.335 e. The van der Waals surface area contributed by atoms with Gasteiger partial charge in [-0.1, -0.05) is 12.1 Å². The lowest BCUT2D eigenvalue weighted by Crippen LogP contribution is -2.19. The molecule has 0 radical (unpaired) electrons. The third-order valence-corrected chi connectivity index (χ3v) is 3.98. The standard InChI is InChI=1S/C19H17N3O3/c1-11(23)18(20)17-5-3-13-8-12(2-4-16(13)22-17)9-15-10-14(19(24)25)6-7-21-15/h2-8,10,18H,9,20H2,1H3,(H,24,25). The predicted molar refractivity (Wildman–Crippen MR) is 93.4 cm³/mol. The quantitative estimate of drug-likeness (QED) is 0.742. The van der Waals surface area contributed by atoms with Crippen LogP contribution in [0.2, 0.25) is 0 Å². The van der Waals surface area contributed by atoms with E-state index in [0.29, 0.717) is 17.8 Å². The first-order valence-electron chi connectivity index (χ1n) is 7.78. The average Bonchev–Trinajstić information content (AvgIpc) is 2.60. The number of hydrogen-bond acceptors (Lipinski definition) is 5. The van der Waals surface area contributed by atoms with Crippen molar-refractivity contribution in [1.82, 2.24) is 9.97 Å². The molecule has 6 nitrogen and oxygen atoms in total. The Hall–Kier alpha value is -3.12. The van der Waals surface area contributed by atoms with Crippen LogP contribution in [0.1, 0.15) is 40.3 Å². The monoisotopic (exact) mass is 335 g/mol. The molecule has 0 spiro atoms. The van der Waals surface area contributed by atoms with E-state index in [0.717, 1.165) is 16.5 Å². The highest BCUT2D eigenvalue weighted by Gasteiger charge is 2.13. The van der Waals surface area contributed by atoms with E-state index >= 15 is 0 Å². The molecule has 2 heterocycles. The molecule has 0 aliphatic heterocycles. The Morgan fingerprint density at radius 2 is 1.96 bits per heavy atom. The Balaban J connectivity index is 1.89. The minimum absolute atomic E-state index is 0.132. The van der Waals surface area contributed by atoms with Crippen molar-refractivity contribution in [2.24, 2.45) is 5.73 Å². The molecule has 0 aliphatic rings. The molecule has 0 bridgehead atoms. The van der Waals surface area contributed by atoms with Gasteiger partial charge in [0.25, 0.3) is 0 Å². The summed E-state index contributed by atoms with van der Waals surface area (Å²) < 4.78 is 0. The lowest BCUT2D eigenvalue weighted by atomic mass is 10.0. The van der Waals surface area contributed by atoms with Gasteiger partial charge >= 0.3 is 5.97 Å². The minimum atomic E-state index is -0.972. The molecular formula is C19H17N3O3. The van der Waals surface area contributed by atoms with Crippen LogP contribution in [0.5, 0.6) is 0 Å². The van der Waals surface area contributed by atoms with Gasteiger partial charge in [-0.25, -0.2) is 4.79 Å². The van der Waals surface area contributed by atoms with E-state index in [9.17, 15) is 9.59 Å². The van der Waals surface area contributed by atoms with Crippen LogP contribution in [0, 0.1) is 0 Å². The number of nitrogens with zero attached hydrogens (tertiary/aromatic N) is 2. The number of rotatable bonds is 5. The zero-order valence-corrected chi connectivity index (χ0v) is 13.6. The zero-order chi connectivity index (χ0) is 18.0. The number of carboxylic acids is 1. The van der Waals surface area contributed by atoms with Gasteiger partial charge in [-0.2, -0.15) is 0 Å². The normalized spacial score (nSPS) is 12.1. The topological polar surface area (TPSA) is 106 Å². The number of fused-ring (bicyclic) bond motifs is 1. The van der Waals surface area contributed by atoms with Gasteiger partial charge in [0.1, 0.15) is 6.04 Å². The van der Waals surface area contributed by atoms with Crippen LogP contribution in [-0.2, 0) is 11.2 Å². The van der Waals surface area contributed by atoms with Crippen LogP contribution in [-0.4, -0.2) is 26.8 Å². The van der Waals surface area contributed by atoms with Gasteiger partial charge in [0, 0.05) is 23.7 Å². The van der Waals surface area contributed by atoms with Crippen LogP contribution in [0.3, 0.4) is 0 Å². The molecule has 0 saturated heterocycles. The number of ketones is 1. The Bertz CT molecular complexity index is 969. The molecular weight excluding hydrogens is 318 g/mol. The number of nitrogens with two attached hydrogens (primary N) is 1. The van der Waals surface area contributed by atoms with E-state index in [1.54, 1.807) is 12.1 Å². The van der Waals surface area contributed by atoms with Gasteiger partial charge in [-0.05, 0) is 42.8 Å². The Morgan fingerprint density at radius 3 is 2.68 bits per heavy atom. The fourth-order valence-electron chi connectivity index (χ4n) is 2.60. The largest absolute Gasteiger partial charge is 0.478 e. The first-order valence-corrected chi connectivity index (χ1v) is 7.78. The third kappa shape index (κ3) is 3.70. The maximum atomic E-state index is 11.4. The van der Waals surface area contributed by atoms with Crippen LogP contribution in [0.4, 0.5) is 0 Å². The van der Waals surface area contributed by atoms with E-state index in [2.05, 4.69) is 9.97 Å². The first-order chi connectivity index (χ1) is 11.9. The summed E-state index contributed by atoms with van der Waals surface area (Å²) in [6, 6.07) is 11.7. The van der Waals surface area contributed by atoms with Gasteiger partial charge in [-0.3, -0.25) is 14.8 Å². The van der Waals surface area contributed by atoms with E-state index in [4.69, 9.17) is 10.8 Å². The molecule has 3 aromatic rings. The van der Waals surface area contributed by atoms with E-state index in [1.807, 2.05) is 24.3 Å². The Labute approximate surface area is 144 Å². The predicted octanol–water partition coefficient (Wildman–Crippen LogP) is 2.51. The van der Waals surface area contributed by atoms with Gasteiger partial charge in [0.15, 0.2) is 5.78 Å². The third-order valence-electron chi connectivity index (χ3n) is 3.98. The molecule has 1 unspecified atom stereocenters. The number of aromatic nitrogens is 2. The van der Waals surface area contributed by atoms with Crippen molar-refractivity contribution in [2.45, 2.75) is 19.4 Å². The number of carboxylic acid groups (broad SMARTS) is 1. The van der Waals surface area contributed by atoms with Crippen LogP contribution in [0.15, 0.2) is 48.7 Å². The molecule has 3 N–H and O–H groups in total. The molecule has 2 aromatic heterocycles. The maximum absolute atomic E-state index is 11.4. The zero-order valence-electron chi connectivity index (χ0n) is 13.6. The molecule has 3 rings (SSSR count). The fourth-order valence-corrected chi connectivity index (χ4v) is 2.60. The summed E-state index contributed by atoms with van der Waals surface area (Å²) >= 11 is 0. The lowest BCUT2D eigenvalue weighted by Gasteiger charge is -2.09. The molecule has 1 aromatic carbocycles. The smallest absolute Gasteiger partial charge is 0.335 e. The van der Waals surface area contributed by atoms with E-state index in [-0.39, 0.29) is 11.3 Å². The summed E-state index contributed by atoms with van der Waals surface area (Å²) in [5, 5.41) is 9.98. The highest BCUT2D eigenvalue weighted by atomic mass is 16.4. The van der Waals surface area contributed by atoms with E-state index in [1.165, 1.54) is 19.2 Å². The lowest BCUT2D eigenvalue weighted by molar-refractivity contribution is -0.118. The number of carbonyl (C=O) groups is 2. The van der Waals surface area contributed by atoms with Gasteiger partial charge in [-0.15, -0.1) is 0 Å². The average molecular weight is 335 g/mol. The number of aromatic carboxylic acids is 1. The second kappa shape index (κ2) is 6.78. The number of pyridine rings is 2. The van der Waals surface area contributed by atoms with Crippen LogP contribution in [0.25, 0.3) is 10.9 Å². The summed E-state index contributed by atoms with van der Waals surface area (Å²) in [6.45, 7) is 1.44. The van der Waals surface area contributed by atoms with Gasteiger partial charge in [0.2, 0.25) is 0 Å². The second-order valence-electron chi connectivity index (χ2n) is 5.87. The molecule has 126 valence electrons. The second-order valence-corrected chi connectivity index (χ2v) is 5.87. The van der Waals surface area contributed by atoms with Crippen LogP contribution >= 0.6 is 0 Å². The SMILES string of the molecule is CC(=O)C(N)c1ccc2cc(Cc3cc(C(=O)O)ccn3)ccc2n1. The summed E-state index contributed by atoms with van der Waals surface area (Å²) in [5.41, 5.74) is 9.03. The molecule has 0 fully saturated rings. The fraction of sp³-hybridized carbons (Fsp3) is 0.158. The molecule has 0 aliphatic carbocycles. The van der Waals surface area contributed by atoms with Crippen molar-refractivity contribution >= 4 is 22.7 Å². The number of hydrogen-bond donors (Lipinski definition) is 2. The van der Waals surface area contributed by atoms with Gasteiger partial charge < -0.3 is 10.8 Å². The first kappa shape index (κ1) is 16.7. The molecule has 0 saturated carbocycles. The highest BCUT2D eigenvalue weighted by molar-refractivity contribution is 5.87. The number of carbonyl (C=O) groups excluding carboxylic acids is 1. The molecule has 25 heavy (non-hydrogen) atoms. The van der Waals surface area contributed by atoms with Crippen molar-refractivity contribution in [3.8, 4) is 0 Å². The Kier molecular flexibility index (Phi) is 4.54. The summed E-state index contributed by atoms with van der Waals surface area (Å²) in [7, 11) is 0. The van der Waals surface area contributed by atoms with Crippen molar-refractivity contribution in [3.63, 3.8) is 0 Å². The summed E-state index contributed by atoms with van der Waals surface area (Å²) in [5.74, 6) is -1.10. The van der Waals surface area contributed by atoms with Gasteiger partial charge in [0.05, 0.1) is 16.8 Å². The van der Waals surface area contributed by atoms with Crippen molar-refractivity contribution in [2.75, 3.05) is 0 Å². The summed E-state index contributed by atoms with van der Waals surface area (Å²) in [6.07, 6.45) is 2.02. The van der Waals surface area contributed by atoms with Crippen molar-refractivity contribution in [1.29, 1.82) is 0 Å². The number of Topliss-reactive ketones (excluding diaryl/α,β-unsaturated/α-hetero) is 1. The van der Waals surface area contributed by atoms with Crippen LogP contribution < -0.4 is 5.73 Å². The number of benzene rings is 1.